The SMILES string of the molecule is CC[C@H](Sc1nc2cc(C(=O)NCCOC)ccc2c(=O)n1Cc1ccco1)C(=O)NCc1cccnc1. The molecule has 0 bridgehead atoms. The molecule has 0 radical (unpaired) electrons. The van der Waals surface area contributed by atoms with E-state index in [1.807, 2.05) is 19.1 Å². The second-order valence-electron chi connectivity index (χ2n) is 8.44. The van der Waals surface area contributed by atoms with Crippen LogP contribution in [0.15, 0.2) is 75.5 Å². The van der Waals surface area contributed by atoms with Gasteiger partial charge in [-0.05, 0) is 48.4 Å². The molecule has 11 heteroatoms. The van der Waals surface area contributed by atoms with Crippen molar-refractivity contribution in [3.05, 3.63) is 88.4 Å². The number of thioether (sulfide) groups is 1. The number of amides is 2. The summed E-state index contributed by atoms with van der Waals surface area (Å²) < 4.78 is 12.0. The summed E-state index contributed by atoms with van der Waals surface area (Å²) >= 11 is 1.21. The summed E-state index contributed by atoms with van der Waals surface area (Å²) in [5.41, 5.74) is 1.35. The highest BCUT2D eigenvalue weighted by molar-refractivity contribution is 8.00. The van der Waals surface area contributed by atoms with E-state index in [9.17, 15) is 14.4 Å². The fourth-order valence-electron chi connectivity index (χ4n) is 3.75. The largest absolute Gasteiger partial charge is 0.467 e. The van der Waals surface area contributed by atoms with Gasteiger partial charge in [0, 0.05) is 38.2 Å². The molecule has 1 aromatic carbocycles. The van der Waals surface area contributed by atoms with Gasteiger partial charge in [0.15, 0.2) is 5.16 Å². The van der Waals surface area contributed by atoms with Crippen LogP contribution in [0.3, 0.4) is 0 Å². The number of benzene rings is 1. The van der Waals surface area contributed by atoms with Crippen molar-refractivity contribution in [2.75, 3.05) is 20.3 Å². The van der Waals surface area contributed by atoms with E-state index in [0.717, 1.165) is 5.56 Å². The predicted octanol–water partition coefficient (Wildman–Crippen LogP) is 3.00. The fourth-order valence-corrected chi connectivity index (χ4v) is 4.79. The minimum absolute atomic E-state index is 0.157. The van der Waals surface area contributed by atoms with Crippen molar-refractivity contribution < 1.29 is 18.7 Å². The highest BCUT2D eigenvalue weighted by Gasteiger charge is 2.23. The number of carbonyl (C=O) groups excluding carboxylic acids is 2. The smallest absolute Gasteiger partial charge is 0.262 e. The maximum atomic E-state index is 13.6. The average molecular weight is 536 g/mol. The second-order valence-corrected chi connectivity index (χ2v) is 9.61. The lowest BCUT2D eigenvalue weighted by Crippen LogP contribution is -2.33. The molecule has 0 spiro atoms. The lowest BCUT2D eigenvalue weighted by atomic mass is 10.1. The molecule has 0 unspecified atom stereocenters. The van der Waals surface area contributed by atoms with Gasteiger partial charge in [-0.25, -0.2) is 4.98 Å². The number of rotatable bonds is 12. The first-order valence-corrected chi connectivity index (χ1v) is 13.1. The van der Waals surface area contributed by atoms with Crippen LogP contribution in [-0.4, -0.2) is 51.9 Å². The Hall–Kier alpha value is -3.96. The first-order chi connectivity index (χ1) is 18.5. The van der Waals surface area contributed by atoms with Gasteiger partial charge in [0.25, 0.3) is 11.5 Å². The molecule has 0 aliphatic heterocycles. The maximum absolute atomic E-state index is 13.6. The molecule has 1 atom stereocenters. The molecule has 0 aliphatic rings. The molecule has 2 amide bonds. The summed E-state index contributed by atoms with van der Waals surface area (Å²) in [6.07, 6.45) is 5.43. The predicted molar refractivity (Wildman–Crippen MR) is 144 cm³/mol. The molecule has 0 saturated carbocycles. The zero-order chi connectivity index (χ0) is 26.9. The number of nitrogens with one attached hydrogen (secondary N) is 2. The summed E-state index contributed by atoms with van der Waals surface area (Å²) in [6.45, 7) is 3.15. The first kappa shape index (κ1) is 27.1. The topological polar surface area (TPSA) is 128 Å². The number of pyridine rings is 1. The van der Waals surface area contributed by atoms with Crippen LogP contribution in [0.4, 0.5) is 0 Å². The summed E-state index contributed by atoms with van der Waals surface area (Å²) in [4.78, 5) is 48.0. The van der Waals surface area contributed by atoms with Crippen LogP contribution in [0.5, 0.6) is 0 Å². The quantitative estimate of drug-likeness (QED) is 0.161. The van der Waals surface area contributed by atoms with Crippen molar-refractivity contribution in [2.24, 2.45) is 0 Å². The van der Waals surface area contributed by atoms with E-state index in [1.165, 1.54) is 22.6 Å². The normalized spacial score (nSPS) is 11.8. The Morgan fingerprint density at radius 2 is 2.05 bits per heavy atom. The molecule has 198 valence electrons. The van der Waals surface area contributed by atoms with E-state index in [1.54, 1.807) is 49.8 Å². The van der Waals surface area contributed by atoms with Crippen molar-refractivity contribution in [1.82, 2.24) is 25.2 Å². The van der Waals surface area contributed by atoms with Crippen molar-refractivity contribution in [3.8, 4) is 0 Å². The monoisotopic (exact) mass is 535 g/mol. The molecular weight excluding hydrogens is 506 g/mol. The number of hydrogen-bond acceptors (Lipinski definition) is 8. The fraction of sp³-hybridized carbons (Fsp3) is 0.296. The number of fused-ring (bicyclic) bond motifs is 1. The second kappa shape index (κ2) is 13.0. The molecule has 10 nitrogen and oxygen atoms in total. The van der Waals surface area contributed by atoms with Gasteiger partial charge in [-0.1, -0.05) is 24.8 Å². The Bertz CT molecular complexity index is 1440. The molecule has 0 fully saturated rings. The maximum Gasteiger partial charge on any atom is 0.262 e. The average Bonchev–Trinajstić information content (AvgIpc) is 3.46. The van der Waals surface area contributed by atoms with Crippen LogP contribution in [0, 0.1) is 0 Å². The van der Waals surface area contributed by atoms with E-state index in [0.29, 0.717) is 53.5 Å². The standard InChI is InChI=1S/C27H29N5O5S/c1-3-23(25(34)30-16-18-6-4-10-28-15-18)38-27-31-22-14-19(24(33)29-11-13-36-2)8-9-21(22)26(35)32(27)17-20-7-5-12-37-20/h4-10,12,14-15,23H,3,11,13,16-17H2,1-2H3,(H,29,33)(H,30,34)/t23-/m0/s1. The van der Waals surface area contributed by atoms with Gasteiger partial charge in [0.1, 0.15) is 5.76 Å². The molecule has 0 aliphatic carbocycles. The molecule has 4 aromatic rings. The van der Waals surface area contributed by atoms with E-state index < -0.39 is 5.25 Å². The van der Waals surface area contributed by atoms with Crippen LogP contribution in [0.25, 0.3) is 10.9 Å². The van der Waals surface area contributed by atoms with Crippen LogP contribution in [0.1, 0.15) is 35.0 Å². The van der Waals surface area contributed by atoms with Gasteiger partial charge < -0.3 is 19.8 Å². The number of hydrogen-bond donors (Lipinski definition) is 2. The number of aromatic nitrogens is 3. The molecular formula is C27H29N5O5S. The molecule has 4 rings (SSSR count). The first-order valence-electron chi connectivity index (χ1n) is 12.2. The summed E-state index contributed by atoms with van der Waals surface area (Å²) in [7, 11) is 1.56. The van der Waals surface area contributed by atoms with Gasteiger partial charge in [0.2, 0.25) is 5.91 Å². The Morgan fingerprint density at radius 1 is 1.18 bits per heavy atom. The third kappa shape index (κ3) is 6.67. The third-order valence-electron chi connectivity index (χ3n) is 5.77. The minimum Gasteiger partial charge on any atom is -0.467 e. The molecule has 0 saturated heterocycles. The van der Waals surface area contributed by atoms with Crippen LogP contribution in [0.2, 0.25) is 0 Å². The van der Waals surface area contributed by atoms with E-state index in [-0.39, 0.29) is 23.9 Å². The van der Waals surface area contributed by atoms with E-state index in [4.69, 9.17) is 14.1 Å². The van der Waals surface area contributed by atoms with Gasteiger partial charge in [0.05, 0.1) is 35.6 Å². The number of nitrogens with zero attached hydrogens (tertiary/aromatic N) is 3. The van der Waals surface area contributed by atoms with E-state index in [2.05, 4.69) is 15.6 Å². The summed E-state index contributed by atoms with van der Waals surface area (Å²) in [5, 5.41) is 5.93. The van der Waals surface area contributed by atoms with Crippen molar-refractivity contribution in [3.63, 3.8) is 0 Å². The third-order valence-corrected chi connectivity index (χ3v) is 7.12. The van der Waals surface area contributed by atoms with Crippen molar-refractivity contribution >= 4 is 34.5 Å². The highest BCUT2D eigenvalue weighted by Crippen LogP contribution is 2.26. The van der Waals surface area contributed by atoms with Crippen molar-refractivity contribution in [2.45, 2.75) is 36.8 Å². The molecule has 38 heavy (non-hydrogen) atoms. The lowest BCUT2D eigenvalue weighted by molar-refractivity contribution is -0.120. The molecule has 3 aromatic heterocycles. The lowest BCUT2D eigenvalue weighted by Gasteiger charge is -2.18. The van der Waals surface area contributed by atoms with Gasteiger partial charge >= 0.3 is 0 Å². The highest BCUT2D eigenvalue weighted by atomic mass is 32.2. The summed E-state index contributed by atoms with van der Waals surface area (Å²) in [5.74, 6) is 0.116. The Labute approximate surface area is 223 Å². The number of methoxy groups -OCH3 is 1. The Kier molecular flexibility index (Phi) is 9.28. The zero-order valence-electron chi connectivity index (χ0n) is 21.2. The van der Waals surface area contributed by atoms with Crippen LogP contribution >= 0.6 is 11.8 Å². The van der Waals surface area contributed by atoms with Crippen LogP contribution in [-0.2, 0) is 22.6 Å². The zero-order valence-corrected chi connectivity index (χ0v) is 22.0. The molecule has 3 heterocycles. The minimum atomic E-state index is -0.501. The Balaban J connectivity index is 1.65. The van der Waals surface area contributed by atoms with Gasteiger partial charge in [-0.15, -0.1) is 0 Å². The number of ether oxygens (including phenoxy) is 1. The number of furan rings is 1. The van der Waals surface area contributed by atoms with Gasteiger partial charge in [-0.2, -0.15) is 0 Å². The summed E-state index contributed by atoms with van der Waals surface area (Å²) in [6, 6.07) is 12.0. The molecule has 2 N–H and O–H groups in total. The van der Waals surface area contributed by atoms with Crippen LogP contribution < -0.4 is 16.2 Å². The van der Waals surface area contributed by atoms with Gasteiger partial charge in [-0.3, -0.25) is 23.9 Å². The number of carbonyl (C=O) groups is 2. The van der Waals surface area contributed by atoms with Crippen molar-refractivity contribution in [1.29, 1.82) is 0 Å². The Morgan fingerprint density at radius 3 is 2.76 bits per heavy atom. The van der Waals surface area contributed by atoms with E-state index >= 15 is 0 Å².